The monoisotopic (exact) mass is 573 g/mol. The van der Waals surface area contributed by atoms with E-state index in [-0.39, 0.29) is 17.9 Å². The number of rotatable bonds is 11. The standard InChI is InChI=1S/C33H39N3O4S/c1-6-22-10-9-13-25(20-22)29(30(37)34-26-15-14-23-11-7-8-12-24(23)21-26)36(27-16-17-27)31(38)28(18-19-41-5)35-32(39)40-33(2,3)4/h6-15,20-21,27-29H,1,16-19H2,2-5H3,(H,34,37)(H,35,39). The van der Waals surface area contributed by atoms with Gasteiger partial charge in [0.25, 0.3) is 5.91 Å². The number of carbonyl (C=O) groups is 3. The number of amides is 3. The van der Waals surface area contributed by atoms with E-state index in [0.717, 1.165) is 29.2 Å². The molecule has 2 unspecified atom stereocenters. The largest absolute Gasteiger partial charge is 0.444 e. The fourth-order valence-electron chi connectivity index (χ4n) is 4.77. The van der Waals surface area contributed by atoms with Gasteiger partial charge in [-0.15, -0.1) is 0 Å². The van der Waals surface area contributed by atoms with Crippen LogP contribution in [0, 0.1) is 0 Å². The summed E-state index contributed by atoms with van der Waals surface area (Å²) in [5.41, 5.74) is 1.47. The van der Waals surface area contributed by atoms with E-state index in [1.165, 1.54) is 0 Å². The van der Waals surface area contributed by atoms with Gasteiger partial charge in [-0.3, -0.25) is 9.59 Å². The molecule has 0 heterocycles. The average Bonchev–Trinajstić information content (AvgIpc) is 3.77. The number of nitrogens with one attached hydrogen (secondary N) is 2. The van der Waals surface area contributed by atoms with Gasteiger partial charge in [0.2, 0.25) is 5.91 Å². The highest BCUT2D eigenvalue weighted by molar-refractivity contribution is 7.98. The fourth-order valence-corrected chi connectivity index (χ4v) is 5.24. The Morgan fingerprint density at radius 3 is 2.44 bits per heavy atom. The van der Waals surface area contributed by atoms with Gasteiger partial charge in [0, 0.05) is 11.7 Å². The van der Waals surface area contributed by atoms with Gasteiger partial charge in [-0.05, 0) is 92.1 Å². The predicted molar refractivity (Wildman–Crippen MR) is 168 cm³/mol. The van der Waals surface area contributed by atoms with E-state index in [9.17, 15) is 14.4 Å². The molecule has 216 valence electrons. The van der Waals surface area contributed by atoms with Gasteiger partial charge < -0.3 is 20.3 Å². The van der Waals surface area contributed by atoms with Gasteiger partial charge in [-0.1, -0.05) is 61.2 Å². The lowest BCUT2D eigenvalue weighted by atomic mass is 9.99. The van der Waals surface area contributed by atoms with Crippen LogP contribution in [0.5, 0.6) is 0 Å². The van der Waals surface area contributed by atoms with Crippen molar-refractivity contribution in [2.45, 2.75) is 63.8 Å². The molecule has 0 aliphatic heterocycles. The van der Waals surface area contributed by atoms with Crippen LogP contribution in [0.2, 0.25) is 0 Å². The maximum absolute atomic E-state index is 14.3. The molecule has 0 spiro atoms. The van der Waals surface area contributed by atoms with Crippen molar-refractivity contribution in [3.63, 3.8) is 0 Å². The van der Waals surface area contributed by atoms with Crippen LogP contribution in [0.3, 0.4) is 0 Å². The van der Waals surface area contributed by atoms with Crippen LogP contribution in [0.15, 0.2) is 73.3 Å². The molecule has 0 aromatic heterocycles. The summed E-state index contributed by atoms with van der Waals surface area (Å²) in [5, 5.41) is 7.94. The van der Waals surface area contributed by atoms with Crippen LogP contribution in [-0.4, -0.2) is 52.5 Å². The molecule has 1 aliphatic rings. The van der Waals surface area contributed by atoms with Gasteiger partial charge >= 0.3 is 6.09 Å². The quantitative estimate of drug-likeness (QED) is 0.263. The summed E-state index contributed by atoms with van der Waals surface area (Å²) in [7, 11) is 0. The van der Waals surface area contributed by atoms with Gasteiger partial charge in [0.05, 0.1) is 0 Å². The minimum atomic E-state index is -0.904. The second-order valence-electron chi connectivity index (χ2n) is 11.3. The molecule has 1 fully saturated rings. The van der Waals surface area contributed by atoms with Crippen molar-refractivity contribution in [3.8, 4) is 0 Å². The van der Waals surface area contributed by atoms with Gasteiger partial charge in [0.1, 0.15) is 17.7 Å². The number of carbonyl (C=O) groups excluding carboxylic acids is 3. The fraction of sp³-hybridized carbons (Fsp3) is 0.364. The summed E-state index contributed by atoms with van der Waals surface area (Å²) in [6.45, 7) is 9.22. The molecule has 1 saturated carbocycles. The van der Waals surface area contributed by atoms with Crippen molar-refractivity contribution in [3.05, 3.63) is 84.4 Å². The Kier molecular flexibility index (Phi) is 9.76. The van der Waals surface area contributed by atoms with E-state index in [1.807, 2.05) is 73.0 Å². The van der Waals surface area contributed by atoms with Crippen molar-refractivity contribution in [1.82, 2.24) is 10.2 Å². The summed E-state index contributed by atoms with van der Waals surface area (Å²) < 4.78 is 5.47. The topological polar surface area (TPSA) is 87.7 Å². The average molecular weight is 574 g/mol. The molecule has 2 atom stereocenters. The third-order valence-corrected chi connectivity index (χ3v) is 7.44. The SMILES string of the molecule is C=Cc1cccc(C(C(=O)Nc2ccc3ccccc3c2)N(C(=O)C(CCSC)NC(=O)OC(C)(C)C)C2CC2)c1. The number of thioether (sulfide) groups is 1. The second kappa shape index (κ2) is 13.3. The minimum absolute atomic E-state index is 0.112. The molecule has 2 N–H and O–H groups in total. The number of ether oxygens (including phenoxy) is 1. The van der Waals surface area contributed by atoms with Crippen LogP contribution in [-0.2, 0) is 14.3 Å². The van der Waals surface area contributed by atoms with Crippen LogP contribution < -0.4 is 10.6 Å². The highest BCUT2D eigenvalue weighted by Crippen LogP contribution is 2.37. The molecule has 0 bridgehead atoms. The molecule has 41 heavy (non-hydrogen) atoms. The number of fused-ring (bicyclic) bond motifs is 1. The van der Waals surface area contributed by atoms with Crippen molar-refractivity contribution in [2.24, 2.45) is 0 Å². The second-order valence-corrected chi connectivity index (χ2v) is 12.3. The van der Waals surface area contributed by atoms with Crippen molar-refractivity contribution >= 4 is 52.2 Å². The maximum Gasteiger partial charge on any atom is 0.408 e. The lowest BCUT2D eigenvalue weighted by molar-refractivity contribution is -0.141. The summed E-state index contributed by atoms with van der Waals surface area (Å²) in [6.07, 6.45) is 5.00. The third kappa shape index (κ3) is 8.13. The lowest BCUT2D eigenvalue weighted by Crippen LogP contribution is -2.53. The molecule has 8 heteroatoms. The van der Waals surface area contributed by atoms with Crippen LogP contribution >= 0.6 is 11.8 Å². The van der Waals surface area contributed by atoms with Crippen molar-refractivity contribution < 1.29 is 19.1 Å². The van der Waals surface area contributed by atoms with E-state index in [4.69, 9.17) is 4.74 Å². The van der Waals surface area contributed by atoms with Gasteiger partial charge in [0.15, 0.2) is 0 Å². The molecule has 3 aromatic rings. The Morgan fingerprint density at radius 1 is 1.05 bits per heavy atom. The number of hydrogen-bond acceptors (Lipinski definition) is 5. The normalized spacial score (nSPS) is 14.5. The Morgan fingerprint density at radius 2 is 1.78 bits per heavy atom. The number of nitrogens with zero attached hydrogens (tertiary/aromatic N) is 1. The molecule has 1 aliphatic carbocycles. The molecule has 3 amide bonds. The summed E-state index contributed by atoms with van der Waals surface area (Å²) in [5.74, 6) is 0.0441. The first-order valence-corrected chi connectivity index (χ1v) is 15.3. The molecule has 4 rings (SSSR count). The highest BCUT2D eigenvalue weighted by atomic mass is 32.2. The zero-order chi connectivity index (χ0) is 29.6. The Hall–Kier alpha value is -3.78. The number of alkyl carbamates (subject to hydrolysis) is 1. The predicted octanol–water partition coefficient (Wildman–Crippen LogP) is 6.80. The number of hydrogen-bond donors (Lipinski definition) is 2. The van der Waals surface area contributed by atoms with E-state index in [2.05, 4.69) is 17.2 Å². The third-order valence-electron chi connectivity index (χ3n) is 6.80. The molecular formula is C33H39N3O4S. The first-order valence-electron chi connectivity index (χ1n) is 13.9. The number of benzene rings is 3. The summed E-state index contributed by atoms with van der Waals surface area (Å²) >= 11 is 1.59. The first-order chi connectivity index (χ1) is 19.6. The van der Waals surface area contributed by atoms with Crippen LogP contribution in [0.25, 0.3) is 16.8 Å². The zero-order valence-electron chi connectivity index (χ0n) is 24.2. The number of anilines is 1. The Bertz CT molecular complexity index is 1410. The maximum atomic E-state index is 14.3. The van der Waals surface area contributed by atoms with Gasteiger partial charge in [-0.2, -0.15) is 11.8 Å². The highest BCUT2D eigenvalue weighted by Gasteiger charge is 2.44. The van der Waals surface area contributed by atoms with Crippen LogP contribution in [0.4, 0.5) is 10.5 Å². The molecule has 7 nitrogen and oxygen atoms in total. The van der Waals surface area contributed by atoms with E-state index in [1.54, 1.807) is 43.5 Å². The zero-order valence-corrected chi connectivity index (χ0v) is 25.0. The summed E-state index contributed by atoms with van der Waals surface area (Å²) in [4.78, 5) is 42.8. The summed E-state index contributed by atoms with van der Waals surface area (Å²) in [6, 6.07) is 19.4. The van der Waals surface area contributed by atoms with Crippen molar-refractivity contribution in [2.75, 3.05) is 17.3 Å². The smallest absolute Gasteiger partial charge is 0.408 e. The molecule has 0 radical (unpaired) electrons. The lowest BCUT2D eigenvalue weighted by Gasteiger charge is -2.35. The minimum Gasteiger partial charge on any atom is -0.444 e. The molecular weight excluding hydrogens is 534 g/mol. The van der Waals surface area contributed by atoms with Crippen molar-refractivity contribution in [1.29, 1.82) is 0 Å². The van der Waals surface area contributed by atoms with E-state index >= 15 is 0 Å². The van der Waals surface area contributed by atoms with Crippen LogP contribution in [0.1, 0.15) is 57.2 Å². The Labute approximate surface area is 246 Å². The first kappa shape index (κ1) is 30.2. The van der Waals surface area contributed by atoms with E-state index in [0.29, 0.717) is 23.4 Å². The molecule has 0 saturated heterocycles. The molecule has 3 aromatic carbocycles. The van der Waals surface area contributed by atoms with E-state index < -0.39 is 23.8 Å². The van der Waals surface area contributed by atoms with Gasteiger partial charge in [-0.25, -0.2) is 4.79 Å². The Balaban J connectivity index is 1.70.